The molecule has 2 aromatic rings. The van der Waals surface area contributed by atoms with Crippen LogP contribution >= 0.6 is 27.5 Å². The molecule has 0 saturated carbocycles. The van der Waals surface area contributed by atoms with Crippen LogP contribution in [0.2, 0.25) is 5.02 Å². The van der Waals surface area contributed by atoms with Gasteiger partial charge < -0.3 is 14.6 Å². The predicted octanol–water partition coefficient (Wildman–Crippen LogP) is 2.75. The van der Waals surface area contributed by atoms with Crippen molar-refractivity contribution in [3.8, 4) is 5.75 Å². The molecule has 2 aromatic carbocycles. The van der Waals surface area contributed by atoms with Gasteiger partial charge in [-0.05, 0) is 55.5 Å². The minimum Gasteiger partial charge on any atom is -0.490 e. The van der Waals surface area contributed by atoms with E-state index in [9.17, 15) is 18.3 Å². The molecule has 0 aliphatic carbocycles. The van der Waals surface area contributed by atoms with E-state index in [-0.39, 0.29) is 18.1 Å². The molecule has 0 saturated heterocycles. The van der Waals surface area contributed by atoms with Crippen LogP contribution in [0.4, 0.5) is 0 Å². The van der Waals surface area contributed by atoms with Crippen LogP contribution in [0.1, 0.15) is 6.92 Å². The van der Waals surface area contributed by atoms with E-state index in [1.807, 2.05) is 0 Å². The molecule has 7 nitrogen and oxygen atoms in total. The minimum atomic E-state index is -4.05. The van der Waals surface area contributed by atoms with E-state index in [0.717, 1.165) is 4.47 Å². The molecule has 0 fully saturated rings. The SMILES string of the molecule is C[C@@H](O)[C@@H](NS(=O)(=O)c1ccc(Cl)cc1)C(=O)OCCOc1ccc(Br)cc1. The highest BCUT2D eigenvalue weighted by molar-refractivity contribution is 9.10. The van der Waals surface area contributed by atoms with Crippen LogP contribution in [0.25, 0.3) is 0 Å². The number of hydrogen-bond donors (Lipinski definition) is 2. The molecule has 0 amide bonds. The number of sulfonamides is 1. The summed E-state index contributed by atoms with van der Waals surface area (Å²) in [5.74, 6) is -0.318. The van der Waals surface area contributed by atoms with Crippen molar-refractivity contribution in [3.63, 3.8) is 0 Å². The van der Waals surface area contributed by atoms with Gasteiger partial charge in [-0.15, -0.1) is 0 Å². The molecule has 0 aliphatic rings. The van der Waals surface area contributed by atoms with Crippen LogP contribution in [0.3, 0.4) is 0 Å². The number of halogens is 2. The van der Waals surface area contributed by atoms with E-state index in [1.165, 1.54) is 31.2 Å². The van der Waals surface area contributed by atoms with Crippen LogP contribution in [-0.2, 0) is 19.6 Å². The molecule has 10 heteroatoms. The van der Waals surface area contributed by atoms with Crippen LogP contribution in [0, 0.1) is 0 Å². The van der Waals surface area contributed by atoms with Crippen molar-refractivity contribution >= 4 is 43.5 Å². The van der Waals surface area contributed by atoms with Gasteiger partial charge in [0.05, 0.1) is 11.0 Å². The molecule has 0 aromatic heterocycles. The van der Waals surface area contributed by atoms with Crippen molar-refractivity contribution in [3.05, 3.63) is 58.0 Å². The summed E-state index contributed by atoms with van der Waals surface area (Å²) in [4.78, 5) is 12.1. The van der Waals surface area contributed by atoms with E-state index in [4.69, 9.17) is 21.1 Å². The Labute approximate surface area is 176 Å². The fraction of sp³-hybridized carbons (Fsp3) is 0.278. The smallest absolute Gasteiger partial charge is 0.326 e. The largest absolute Gasteiger partial charge is 0.490 e. The molecule has 28 heavy (non-hydrogen) atoms. The quantitative estimate of drug-likeness (QED) is 0.412. The van der Waals surface area contributed by atoms with E-state index in [2.05, 4.69) is 20.7 Å². The Balaban J connectivity index is 1.92. The van der Waals surface area contributed by atoms with Gasteiger partial charge in [-0.25, -0.2) is 8.42 Å². The summed E-state index contributed by atoms with van der Waals surface area (Å²) in [5.41, 5.74) is 0. The number of aliphatic hydroxyl groups excluding tert-OH is 1. The summed E-state index contributed by atoms with van der Waals surface area (Å²) >= 11 is 9.06. The molecule has 0 bridgehead atoms. The van der Waals surface area contributed by atoms with Crippen molar-refractivity contribution in [2.45, 2.75) is 24.0 Å². The van der Waals surface area contributed by atoms with Gasteiger partial charge in [0.1, 0.15) is 25.0 Å². The second kappa shape index (κ2) is 10.2. The number of esters is 1. The fourth-order valence-electron chi connectivity index (χ4n) is 2.11. The molecular weight excluding hydrogens is 474 g/mol. The Morgan fingerprint density at radius 3 is 2.32 bits per heavy atom. The van der Waals surface area contributed by atoms with Crippen molar-refractivity contribution in [2.75, 3.05) is 13.2 Å². The zero-order valence-corrected chi connectivity index (χ0v) is 18.0. The summed E-state index contributed by atoms with van der Waals surface area (Å²) in [5, 5.41) is 10.2. The molecule has 2 rings (SSSR count). The van der Waals surface area contributed by atoms with Gasteiger partial charge in [0.2, 0.25) is 10.0 Å². The molecule has 2 N–H and O–H groups in total. The number of nitrogens with one attached hydrogen (secondary N) is 1. The van der Waals surface area contributed by atoms with Crippen LogP contribution < -0.4 is 9.46 Å². The van der Waals surface area contributed by atoms with Crippen molar-refractivity contribution < 1.29 is 27.8 Å². The van der Waals surface area contributed by atoms with Crippen molar-refractivity contribution in [1.29, 1.82) is 0 Å². The van der Waals surface area contributed by atoms with Gasteiger partial charge in [0, 0.05) is 9.50 Å². The molecule has 2 atom stereocenters. The average molecular weight is 493 g/mol. The lowest BCUT2D eigenvalue weighted by molar-refractivity contribution is -0.149. The number of carbonyl (C=O) groups excluding carboxylic acids is 1. The zero-order valence-electron chi connectivity index (χ0n) is 14.8. The number of carbonyl (C=O) groups is 1. The zero-order chi connectivity index (χ0) is 20.7. The Kier molecular flexibility index (Phi) is 8.26. The second-order valence-corrected chi connectivity index (χ2v) is 8.83. The minimum absolute atomic E-state index is 0.0733. The lowest BCUT2D eigenvalue weighted by Gasteiger charge is -2.20. The number of rotatable bonds is 9. The number of aliphatic hydroxyl groups is 1. The summed E-state index contributed by atoms with van der Waals surface area (Å²) < 4.78 is 38.3. The third-order valence-electron chi connectivity index (χ3n) is 3.55. The Hall–Kier alpha value is -1.65. The topological polar surface area (TPSA) is 102 Å². The first-order valence-corrected chi connectivity index (χ1v) is 10.9. The summed E-state index contributed by atoms with van der Waals surface area (Å²) in [6, 6.07) is 11.0. The lowest BCUT2D eigenvalue weighted by Crippen LogP contribution is -2.48. The van der Waals surface area contributed by atoms with Gasteiger partial charge in [-0.3, -0.25) is 4.79 Å². The van der Waals surface area contributed by atoms with Gasteiger partial charge in [0.15, 0.2) is 0 Å². The monoisotopic (exact) mass is 491 g/mol. The van der Waals surface area contributed by atoms with Crippen LogP contribution in [0.15, 0.2) is 57.9 Å². The molecular formula is C18H19BrClNO6S. The maximum absolute atomic E-state index is 12.4. The van der Waals surface area contributed by atoms with E-state index >= 15 is 0 Å². The maximum Gasteiger partial charge on any atom is 0.326 e. The Morgan fingerprint density at radius 1 is 1.14 bits per heavy atom. The number of benzene rings is 2. The van der Waals surface area contributed by atoms with E-state index in [1.54, 1.807) is 24.3 Å². The Morgan fingerprint density at radius 2 is 1.75 bits per heavy atom. The average Bonchev–Trinajstić information content (AvgIpc) is 2.64. The first kappa shape index (κ1) is 22.6. The lowest BCUT2D eigenvalue weighted by atomic mass is 10.2. The summed E-state index contributed by atoms with van der Waals surface area (Å²) in [6.07, 6.45) is -1.30. The third kappa shape index (κ3) is 6.75. The summed E-state index contributed by atoms with van der Waals surface area (Å²) in [6.45, 7) is 1.25. The van der Waals surface area contributed by atoms with Crippen molar-refractivity contribution in [1.82, 2.24) is 4.72 Å². The first-order valence-electron chi connectivity index (χ1n) is 8.20. The summed E-state index contributed by atoms with van der Waals surface area (Å²) in [7, 11) is -4.05. The van der Waals surface area contributed by atoms with Gasteiger partial charge >= 0.3 is 5.97 Å². The highest BCUT2D eigenvalue weighted by Gasteiger charge is 2.30. The maximum atomic E-state index is 12.4. The third-order valence-corrected chi connectivity index (χ3v) is 5.79. The number of ether oxygens (including phenoxy) is 2. The van der Waals surface area contributed by atoms with E-state index < -0.39 is 28.1 Å². The van der Waals surface area contributed by atoms with Crippen molar-refractivity contribution in [2.24, 2.45) is 0 Å². The first-order chi connectivity index (χ1) is 13.2. The molecule has 0 heterocycles. The van der Waals surface area contributed by atoms with Gasteiger partial charge in [0.25, 0.3) is 0 Å². The van der Waals surface area contributed by atoms with Gasteiger partial charge in [-0.2, -0.15) is 4.72 Å². The standard InChI is InChI=1S/C18H19BrClNO6S/c1-12(22)17(21-28(24,25)16-8-4-14(20)5-9-16)18(23)27-11-10-26-15-6-2-13(19)3-7-15/h2-9,12,17,21-22H,10-11H2,1H3/t12-,17-/m1/s1. The van der Waals surface area contributed by atoms with Crippen LogP contribution in [-0.4, -0.2) is 44.9 Å². The van der Waals surface area contributed by atoms with Crippen LogP contribution in [0.5, 0.6) is 5.75 Å². The Bertz CT molecular complexity index is 887. The van der Waals surface area contributed by atoms with Gasteiger partial charge in [-0.1, -0.05) is 27.5 Å². The number of hydrogen-bond acceptors (Lipinski definition) is 6. The molecule has 0 unspecified atom stereocenters. The fourth-order valence-corrected chi connectivity index (χ4v) is 3.76. The normalized spacial score (nSPS) is 13.6. The molecule has 0 spiro atoms. The molecule has 0 radical (unpaired) electrons. The second-order valence-electron chi connectivity index (χ2n) is 5.76. The molecule has 152 valence electrons. The highest BCUT2D eigenvalue weighted by Crippen LogP contribution is 2.16. The molecule has 0 aliphatic heterocycles. The van der Waals surface area contributed by atoms with E-state index in [0.29, 0.717) is 10.8 Å². The predicted molar refractivity (Wildman–Crippen MR) is 108 cm³/mol. The highest BCUT2D eigenvalue weighted by atomic mass is 79.9.